The average Bonchev–Trinajstić information content (AvgIpc) is 2.35. The molecule has 0 radical (unpaired) electrons. The molecule has 0 saturated carbocycles. The van der Waals surface area contributed by atoms with Gasteiger partial charge in [-0.25, -0.2) is 9.18 Å². The van der Waals surface area contributed by atoms with E-state index in [-0.39, 0.29) is 24.1 Å². The molecule has 0 saturated heterocycles. The second-order valence-corrected chi connectivity index (χ2v) is 5.42. The van der Waals surface area contributed by atoms with Crippen molar-refractivity contribution < 1.29 is 23.9 Å². The minimum Gasteiger partial charge on any atom is -0.481 e. The van der Waals surface area contributed by atoms with Crippen molar-refractivity contribution in [2.75, 3.05) is 5.32 Å². The highest BCUT2D eigenvalue weighted by molar-refractivity contribution is 5.94. The molecule has 3 amide bonds. The Bertz CT molecular complexity index is 602. The van der Waals surface area contributed by atoms with Crippen LogP contribution in [0, 0.1) is 5.82 Å². The molecule has 5 N–H and O–H groups in total. The standard InChI is InChI=1S/C14H18FN3O4/c1-14(2,6-5-11(19)20)18-13(22)17-8-3-4-9(12(16)21)10(15)7-8/h3-4,7H,5-6H2,1-2H3,(H2,16,21)(H,19,20)(H2,17,18,22). The molecule has 1 rings (SSSR count). The van der Waals surface area contributed by atoms with Crippen molar-refractivity contribution in [2.45, 2.75) is 32.2 Å². The van der Waals surface area contributed by atoms with Gasteiger partial charge >= 0.3 is 12.0 Å². The van der Waals surface area contributed by atoms with Crippen LogP contribution >= 0.6 is 0 Å². The SMILES string of the molecule is CC(C)(CCC(=O)O)NC(=O)Nc1ccc(C(N)=O)c(F)c1. The van der Waals surface area contributed by atoms with Gasteiger partial charge in [0.25, 0.3) is 5.91 Å². The lowest BCUT2D eigenvalue weighted by atomic mass is 9.99. The first-order chi connectivity index (χ1) is 10.1. The normalized spacial score (nSPS) is 10.9. The van der Waals surface area contributed by atoms with Gasteiger partial charge in [0.1, 0.15) is 5.82 Å². The summed E-state index contributed by atoms with van der Waals surface area (Å²) in [5.41, 5.74) is 4.12. The van der Waals surface area contributed by atoms with Crippen LogP contribution in [0.5, 0.6) is 0 Å². The van der Waals surface area contributed by atoms with E-state index in [1.165, 1.54) is 12.1 Å². The lowest BCUT2D eigenvalue weighted by molar-refractivity contribution is -0.137. The topological polar surface area (TPSA) is 122 Å². The highest BCUT2D eigenvalue weighted by Gasteiger charge is 2.21. The smallest absolute Gasteiger partial charge is 0.319 e. The average molecular weight is 311 g/mol. The molecule has 0 unspecified atom stereocenters. The van der Waals surface area contributed by atoms with E-state index in [1.54, 1.807) is 13.8 Å². The molecule has 0 aliphatic carbocycles. The number of amides is 3. The van der Waals surface area contributed by atoms with Crippen LogP contribution in [-0.2, 0) is 4.79 Å². The minimum atomic E-state index is -0.959. The van der Waals surface area contributed by atoms with Crippen LogP contribution in [-0.4, -0.2) is 28.6 Å². The zero-order valence-corrected chi connectivity index (χ0v) is 12.3. The number of carbonyl (C=O) groups excluding carboxylic acids is 2. The molecule has 22 heavy (non-hydrogen) atoms. The van der Waals surface area contributed by atoms with E-state index in [4.69, 9.17) is 10.8 Å². The van der Waals surface area contributed by atoms with Gasteiger partial charge in [-0.1, -0.05) is 0 Å². The molecular formula is C14H18FN3O4. The van der Waals surface area contributed by atoms with E-state index < -0.39 is 29.3 Å². The molecule has 8 heteroatoms. The van der Waals surface area contributed by atoms with Gasteiger partial charge < -0.3 is 21.5 Å². The molecule has 0 aliphatic heterocycles. The zero-order valence-electron chi connectivity index (χ0n) is 12.3. The Balaban J connectivity index is 2.67. The lowest BCUT2D eigenvalue weighted by Crippen LogP contribution is -2.45. The van der Waals surface area contributed by atoms with Crippen molar-refractivity contribution in [3.63, 3.8) is 0 Å². The maximum atomic E-state index is 13.6. The Morgan fingerprint density at radius 2 is 1.95 bits per heavy atom. The molecule has 0 spiro atoms. The quantitative estimate of drug-likeness (QED) is 0.638. The second kappa shape index (κ2) is 6.88. The number of hydrogen-bond acceptors (Lipinski definition) is 3. The number of carbonyl (C=O) groups is 3. The van der Waals surface area contributed by atoms with Gasteiger partial charge in [-0.05, 0) is 38.5 Å². The van der Waals surface area contributed by atoms with E-state index in [1.807, 2.05) is 0 Å². The van der Waals surface area contributed by atoms with Crippen molar-refractivity contribution in [2.24, 2.45) is 5.73 Å². The number of carboxylic acids is 1. The number of rotatable bonds is 6. The summed E-state index contributed by atoms with van der Waals surface area (Å²) in [5, 5.41) is 13.6. The van der Waals surface area contributed by atoms with Crippen LogP contribution in [0.3, 0.4) is 0 Å². The summed E-state index contributed by atoms with van der Waals surface area (Å²) in [7, 11) is 0. The van der Waals surface area contributed by atoms with Gasteiger partial charge in [0, 0.05) is 17.6 Å². The summed E-state index contributed by atoms with van der Waals surface area (Å²) >= 11 is 0. The molecule has 7 nitrogen and oxygen atoms in total. The first-order valence-corrected chi connectivity index (χ1v) is 6.51. The number of benzene rings is 1. The molecule has 0 heterocycles. The number of hydrogen-bond donors (Lipinski definition) is 4. The molecule has 0 aromatic heterocycles. The van der Waals surface area contributed by atoms with Crippen molar-refractivity contribution in [1.29, 1.82) is 0 Å². The minimum absolute atomic E-state index is 0.0881. The van der Waals surface area contributed by atoms with Crippen LogP contribution < -0.4 is 16.4 Å². The molecule has 120 valence electrons. The summed E-state index contributed by atoms with van der Waals surface area (Å²) < 4.78 is 13.6. The van der Waals surface area contributed by atoms with Crippen molar-refractivity contribution in [1.82, 2.24) is 5.32 Å². The second-order valence-electron chi connectivity index (χ2n) is 5.42. The summed E-state index contributed by atoms with van der Waals surface area (Å²) in [6, 6.07) is 2.88. The van der Waals surface area contributed by atoms with Gasteiger partial charge in [-0.2, -0.15) is 0 Å². The number of halogens is 1. The van der Waals surface area contributed by atoms with E-state index in [2.05, 4.69) is 10.6 Å². The molecule has 0 aliphatic rings. The van der Waals surface area contributed by atoms with E-state index in [0.717, 1.165) is 6.07 Å². The third-order valence-corrected chi connectivity index (χ3v) is 2.91. The Hall–Kier alpha value is -2.64. The molecule has 0 atom stereocenters. The number of nitrogens with one attached hydrogen (secondary N) is 2. The predicted octanol–water partition coefficient (Wildman–Crippen LogP) is 1.69. The Kier molecular flexibility index (Phi) is 5.44. The summed E-state index contributed by atoms with van der Waals surface area (Å²) in [5.74, 6) is -2.70. The van der Waals surface area contributed by atoms with Gasteiger partial charge in [0.2, 0.25) is 0 Å². The van der Waals surface area contributed by atoms with Crippen molar-refractivity contribution in [3.05, 3.63) is 29.6 Å². The van der Waals surface area contributed by atoms with Crippen LogP contribution in [0.15, 0.2) is 18.2 Å². The molecule has 1 aromatic carbocycles. The number of carboxylic acid groups (broad SMARTS) is 1. The number of primary amides is 1. The molecule has 1 aromatic rings. The van der Waals surface area contributed by atoms with Crippen molar-refractivity contribution in [3.8, 4) is 0 Å². The van der Waals surface area contributed by atoms with E-state index in [0.29, 0.717) is 0 Å². The van der Waals surface area contributed by atoms with E-state index >= 15 is 0 Å². The van der Waals surface area contributed by atoms with Gasteiger partial charge in [-0.3, -0.25) is 9.59 Å². The molecular weight excluding hydrogens is 293 g/mol. The first kappa shape index (κ1) is 17.4. The summed E-state index contributed by atoms with van der Waals surface area (Å²) in [4.78, 5) is 33.3. The molecule has 0 fully saturated rings. The van der Waals surface area contributed by atoms with Crippen LogP contribution in [0.4, 0.5) is 14.9 Å². The highest BCUT2D eigenvalue weighted by atomic mass is 19.1. The predicted molar refractivity (Wildman–Crippen MR) is 78.0 cm³/mol. The third kappa shape index (κ3) is 5.39. The van der Waals surface area contributed by atoms with Gasteiger partial charge in [0.15, 0.2) is 0 Å². The zero-order chi connectivity index (χ0) is 16.9. The largest absolute Gasteiger partial charge is 0.481 e. The number of urea groups is 1. The first-order valence-electron chi connectivity index (χ1n) is 6.51. The fourth-order valence-corrected chi connectivity index (χ4v) is 1.74. The lowest BCUT2D eigenvalue weighted by Gasteiger charge is -2.25. The highest BCUT2D eigenvalue weighted by Crippen LogP contribution is 2.15. The van der Waals surface area contributed by atoms with Crippen LogP contribution in [0.25, 0.3) is 0 Å². The number of aliphatic carboxylic acids is 1. The fourth-order valence-electron chi connectivity index (χ4n) is 1.74. The summed E-state index contributed by atoms with van der Waals surface area (Å²) in [6.07, 6.45) is 0.153. The van der Waals surface area contributed by atoms with Crippen molar-refractivity contribution >= 4 is 23.6 Å². The monoisotopic (exact) mass is 311 g/mol. The maximum Gasteiger partial charge on any atom is 0.319 e. The van der Waals surface area contributed by atoms with Gasteiger partial charge in [-0.15, -0.1) is 0 Å². The fraction of sp³-hybridized carbons (Fsp3) is 0.357. The summed E-state index contributed by atoms with van der Waals surface area (Å²) in [6.45, 7) is 3.35. The Morgan fingerprint density at radius 1 is 1.32 bits per heavy atom. The van der Waals surface area contributed by atoms with E-state index in [9.17, 15) is 18.8 Å². The van der Waals surface area contributed by atoms with Crippen LogP contribution in [0.1, 0.15) is 37.0 Å². The number of anilines is 1. The Morgan fingerprint density at radius 3 is 2.45 bits per heavy atom. The van der Waals surface area contributed by atoms with Gasteiger partial charge in [0.05, 0.1) is 5.56 Å². The van der Waals surface area contributed by atoms with Crippen LogP contribution in [0.2, 0.25) is 0 Å². The third-order valence-electron chi connectivity index (χ3n) is 2.91. The number of nitrogens with two attached hydrogens (primary N) is 1. The Labute approximate surface area is 126 Å². The maximum absolute atomic E-state index is 13.6. The molecule has 0 bridgehead atoms.